The fraction of sp³-hybridized carbons (Fsp3) is 0.120. The van der Waals surface area contributed by atoms with E-state index < -0.39 is 11.6 Å². The predicted molar refractivity (Wildman–Crippen MR) is 132 cm³/mol. The number of rotatable bonds is 5. The number of benzene rings is 2. The van der Waals surface area contributed by atoms with Gasteiger partial charge in [0.1, 0.15) is 16.9 Å². The number of halogens is 1. The minimum atomic E-state index is -0.858. The first-order valence-electron chi connectivity index (χ1n) is 10.7. The lowest BCUT2D eigenvalue weighted by molar-refractivity contribution is -0.119. The third kappa shape index (κ3) is 3.78. The summed E-state index contributed by atoms with van der Waals surface area (Å²) < 4.78 is 4.78. The molecule has 1 N–H and O–H groups in total. The first kappa shape index (κ1) is 21.7. The molecule has 0 fully saturated rings. The Hall–Kier alpha value is -4.17. The summed E-state index contributed by atoms with van der Waals surface area (Å²) in [6, 6.07) is 19.2. The van der Waals surface area contributed by atoms with Crippen molar-refractivity contribution in [2.24, 2.45) is 0 Å². The number of carbonyl (C=O) groups is 1. The van der Waals surface area contributed by atoms with Crippen LogP contribution in [0.5, 0.6) is 0 Å². The molecule has 0 aliphatic carbocycles. The highest BCUT2D eigenvalue weighted by atomic mass is 35.5. The van der Waals surface area contributed by atoms with Gasteiger partial charge < -0.3 is 9.88 Å². The summed E-state index contributed by atoms with van der Waals surface area (Å²) in [7, 11) is 0. The zero-order valence-electron chi connectivity index (χ0n) is 18.5. The Balaban J connectivity index is 1.66. The van der Waals surface area contributed by atoms with E-state index >= 15 is 0 Å². The van der Waals surface area contributed by atoms with E-state index in [0.717, 1.165) is 5.69 Å². The number of carbonyl (C=O) groups excluding carboxylic acids is 1. The molecule has 2 aromatic carbocycles. The van der Waals surface area contributed by atoms with E-state index in [0.29, 0.717) is 33.1 Å². The standard InChI is InChI=1S/C25H21ClN6O2/c1-16-22-21(24(30-14-6-7-15-30)32(29-22)20-8-4-3-5-9-20)25(34)31(28-16)17(2)23(33)27-19-12-10-18(26)11-13-19/h3-15,17H,1-2H3,(H,27,33)/t17-/m0/s1. The average Bonchev–Trinajstić information content (AvgIpc) is 3.51. The van der Waals surface area contributed by atoms with Crippen molar-refractivity contribution >= 4 is 34.1 Å². The van der Waals surface area contributed by atoms with Gasteiger partial charge in [-0.2, -0.15) is 10.2 Å². The summed E-state index contributed by atoms with van der Waals surface area (Å²) >= 11 is 5.93. The van der Waals surface area contributed by atoms with Crippen molar-refractivity contribution in [3.05, 3.63) is 100 Å². The second-order valence-corrected chi connectivity index (χ2v) is 8.33. The maximum Gasteiger partial charge on any atom is 0.280 e. The molecule has 5 aromatic rings. The molecule has 1 atom stereocenters. The molecule has 0 aliphatic rings. The van der Waals surface area contributed by atoms with Crippen molar-refractivity contribution in [1.29, 1.82) is 0 Å². The number of hydrogen-bond donors (Lipinski definition) is 1. The summed E-state index contributed by atoms with van der Waals surface area (Å²) in [5.41, 5.74) is 2.02. The van der Waals surface area contributed by atoms with Gasteiger partial charge in [0, 0.05) is 23.1 Å². The van der Waals surface area contributed by atoms with Crippen molar-refractivity contribution in [3.8, 4) is 11.5 Å². The van der Waals surface area contributed by atoms with Crippen LogP contribution in [0.2, 0.25) is 5.02 Å². The van der Waals surface area contributed by atoms with Crippen LogP contribution < -0.4 is 10.9 Å². The smallest absolute Gasteiger partial charge is 0.280 e. The molecule has 34 heavy (non-hydrogen) atoms. The Labute approximate surface area is 200 Å². The zero-order chi connectivity index (χ0) is 23.8. The van der Waals surface area contributed by atoms with Gasteiger partial charge >= 0.3 is 0 Å². The monoisotopic (exact) mass is 472 g/mol. The summed E-state index contributed by atoms with van der Waals surface area (Å²) in [5, 5.41) is 12.9. The summed E-state index contributed by atoms with van der Waals surface area (Å²) in [5.74, 6) is 0.217. The SMILES string of the molecule is Cc1nn([C@@H](C)C(=O)Nc2ccc(Cl)cc2)c(=O)c2c(-n3cccc3)n(-c3ccccc3)nc12. The van der Waals surface area contributed by atoms with Crippen molar-refractivity contribution in [3.63, 3.8) is 0 Å². The summed E-state index contributed by atoms with van der Waals surface area (Å²) in [6.07, 6.45) is 3.71. The van der Waals surface area contributed by atoms with Crippen molar-refractivity contribution in [1.82, 2.24) is 24.1 Å². The molecule has 170 valence electrons. The van der Waals surface area contributed by atoms with E-state index in [1.54, 1.807) is 42.8 Å². The molecular formula is C25H21ClN6O2. The molecule has 8 nitrogen and oxygen atoms in total. The van der Waals surface area contributed by atoms with Gasteiger partial charge in [0.05, 0.1) is 11.4 Å². The van der Waals surface area contributed by atoms with Crippen LogP contribution in [0.25, 0.3) is 22.4 Å². The van der Waals surface area contributed by atoms with Gasteiger partial charge in [0.15, 0.2) is 5.82 Å². The first-order valence-corrected chi connectivity index (χ1v) is 11.1. The van der Waals surface area contributed by atoms with Crippen LogP contribution in [-0.2, 0) is 4.79 Å². The van der Waals surface area contributed by atoms with Crippen LogP contribution in [0.4, 0.5) is 5.69 Å². The van der Waals surface area contributed by atoms with E-state index in [9.17, 15) is 9.59 Å². The number of aryl methyl sites for hydroxylation is 1. The minimum absolute atomic E-state index is 0.367. The number of amides is 1. The Bertz CT molecular complexity index is 1540. The highest BCUT2D eigenvalue weighted by Crippen LogP contribution is 2.25. The zero-order valence-corrected chi connectivity index (χ0v) is 19.3. The lowest BCUT2D eigenvalue weighted by Crippen LogP contribution is -2.34. The third-order valence-corrected chi connectivity index (χ3v) is 5.84. The quantitative estimate of drug-likeness (QED) is 0.407. The second kappa shape index (κ2) is 8.64. The number of hydrogen-bond acceptors (Lipinski definition) is 4. The van der Waals surface area contributed by atoms with Crippen molar-refractivity contribution in [2.75, 3.05) is 5.32 Å². The van der Waals surface area contributed by atoms with Crippen LogP contribution in [0.3, 0.4) is 0 Å². The van der Waals surface area contributed by atoms with Gasteiger partial charge in [0.25, 0.3) is 5.56 Å². The molecule has 1 amide bonds. The molecule has 0 saturated carbocycles. The van der Waals surface area contributed by atoms with E-state index in [1.165, 1.54) is 4.68 Å². The van der Waals surface area contributed by atoms with E-state index in [4.69, 9.17) is 16.7 Å². The van der Waals surface area contributed by atoms with Gasteiger partial charge in [0.2, 0.25) is 5.91 Å². The van der Waals surface area contributed by atoms with Crippen molar-refractivity contribution in [2.45, 2.75) is 19.9 Å². The van der Waals surface area contributed by atoms with Gasteiger partial charge in [-0.15, -0.1) is 0 Å². The van der Waals surface area contributed by atoms with Gasteiger partial charge in [-0.3, -0.25) is 9.59 Å². The minimum Gasteiger partial charge on any atom is -0.324 e. The molecule has 0 radical (unpaired) electrons. The molecule has 5 rings (SSSR count). The van der Waals surface area contributed by atoms with Crippen LogP contribution in [-0.4, -0.2) is 30.0 Å². The molecule has 0 aliphatic heterocycles. The Morgan fingerprint density at radius 1 is 0.971 bits per heavy atom. The second-order valence-electron chi connectivity index (χ2n) is 7.89. The molecule has 0 unspecified atom stereocenters. The third-order valence-electron chi connectivity index (χ3n) is 5.59. The highest BCUT2D eigenvalue weighted by molar-refractivity contribution is 6.30. The molecular weight excluding hydrogens is 452 g/mol. The predicted octanol–water partition coefficient (Wildman–Crippen LogP) is 4.53. The van der Waals surface area contributed by atoms with Gasteiger partial charge in [-0.1, -0.05) is 29.8 Å². The summed E-state index contributed by atoms with van der Waals surface area (Å²) in [4.78, 5) is 26.7. The van der Waals surface area contributed by atoms with E-state index in [1.807, 2.05) is 59.4 Å². The maximum atomic E-state index is 13.7. The van der Waals surface area contributed by atoms with Crippen LogP contribution in [0.15, 0.2) is 83.9 Å². The average molecular weight is 473 g/mol. The molecule has 0 spiro atoms. The van der Waals surface area contributed by atoms with Crippen LogP contribution in [0.1, 0.15) is 18.7 Å². The number of fused-ring (bicyclic) bond motifs is 1. The lowest BCUT2D eigenvalue weighted by Gasteiger charge is -2.15. The summed E-state index contributed by atoms with van der Waals surface area (Å²) in [6.45, 7) is 3.42. The fourth-order valence-corrected chi connectivity index (χ4v) is 3.97. The van der Waals surface area contributed by atoms with E-state index in [2.05, 4.69) is 10.4 Å². The number of anilines is 1. The molecule has 3 aromatic heterocycles. The number of nitrogens with zero attached hydrogens (tertiary/aromatic N) is 5. The molecule has 9 heteroatoms. The van der Waals surface area contributed by atoms with Crippen LogP contribution in [0, 0.1) is 6.92 Å². The number of aromatic nitrogens is 5. The fourth-order valence-electron chi connectivity index (χ4n) is 3.85. The number of para-hydroxylation sites is 1. The molecule has 3 heterocycles. The van der Waals surface area contributed by atoms with Gasteiger partial charge in [-0.25, -0.2) is 9.36 Å². The highest BCUT2D eigenvalue weighted by Gasteiger charge is 2.25. The maximum absolute atomic E-state index is 13.7. The van der Waals surface area contributed by atoms with Crippen molar-refractivity contribution < 1.29 is 4.79 Å². The Kier molecular flexibility index (Phi) is 5.51. The van der Waals surface area contributed by atoms with E-state index in [-0.39, 0.29) is 5.91 Å². The number of nitrogens with one attached hydrogen (secondary N) is 1. The van der Waals surface area contributed by atoms with Crippen LogP contribution >= 0.6 is 11.6 Å². The topological polar surface area (TPSA) is 86.7 Å². The normalized spacial score (nSPS) is 12.1. The lowest BCUT2D eigenvalue weighted by atomic mass is 10.2. The Morgan fingerprint density at radius 3 is 2.32 bits per heavy atom. The molecule has 0 saturated heterocycles. The van der Waals surface area contributed by atoms with Gasteiger partial charge in [-0.05, 0) is 62.4 Å². The Morgan fingerprint density at radius 2 is 1.65 bits per heavy atom. The largest absolute Gasteiger partial charge is 0.324 e. The molecule has 0 bridgehead atoms. The first-order chi connectivity index (χ1) is 16.4.